The molecule has 2 N–H and O–H groups in total. The van der Waals surface area contributed by atoms with Gasteiger partial charge in [-0.15, -0.1) is 0 Å². The first-order valence-electron chi connectivity index (χ1n) is 12.8. The molecule has 0 bridgehead atoms. The molecule has 8 nitrogen and oxygen atoms in total. The number of carbonyl (C=O) groups excluding carboxylic acids is 2. The third kappa shape index (κ3) is 6.57. The molecule has 0 spiro atoms. The number of pyridine rings is 1. The first-order valence-corrected chi connectivity index (χ1v) is 12.8. The van der Waals surface area contributed by atoms with Crippen LogP contribution in [0.3, 0.4) is 0 Å². The zero-order valence-corrected chi connectivity index (χ0v) is 23.8. The fourth-order valence-corrected chi connectivity index (χ4v) is 4.41. The summed E-state index contributed by atoms with van der Waals surface area (Å²) in [6, 6.07) is 19.4. The molecule has 4 aromatic rings. The lowest BCUT2D eigenvalue weighted by Crippen LogP contribution is -2.33. The smallest absolute Gasteiger partial charge is 0.412 e. The number of hydrogen-bond donors (Lipinski definition) is 2. The van der Waals surface area contributed by atoms with Crippen LogP contribution in [0, 0.1) is 0 Å². The van der Waals surface area contributed by atoms with Crippen LogP contribution >= 0.6 is 0 Å². The minimum absolute atomic E-state index is 0.515. The van der Waals surface area contributed by atoms with Crippen LogP contribution in [0.15, 0.2) is 60.7 Å². The molecular weight excluding hydrogens is 494 g/mol. The SMILES string of the molecule is COc1ccc(-c2c3cc(NC(=O)OC(C)(C)C)ccc3c3ccc(NC(=O)OC(C)(C)C)cc3[n+]2C)cc1. The van der Waals surface area contributed by atoms with E-state index in [1.54, 1.807) is 7.11 Å². The van der Waals surface area contributed by atoms with Gasteiger partial charge in [0.1, 0.15) is 24.0 Å². The summed E-state index contributed by atoms with van der Waals surface area (Å²) in [5.74, 6) is 0.752. The highest BCUT2D eigenvalue weighted by Crippen LogP contribution is 2.34. The second-order valence-corrected chi connectivity index (χ2v) is 11.4. The van der Waals surface area contributed by atoms with Crippen molar-refractivity contribution in [2.45, 2.75) is 52.7 Å². The Labute approximate surface area is 228 Å². The second kappa shape index (κ2) is 10.4. The van der Waals surface area contributed by atoms with Crippen LogP contribution < -0.4 is 19.9 Å². The zero-order valence-electron chi connectivity index (χ0n) is 23.8. The Kier molecular flexibility index (Phi) is 7.41. The molecule has 0 saturated heterocycles. The summed E-state index contributed by atoms with van der Waals surface area (Å²) in [4.78, 5) is 24.9. The summed E-state index contributed by atoms with van der Waals surface area (Å²) in [6.45, 7) is 11.0. The predicted octanol–water partition coefficient (Wildman–Crippen LogP) is 7.19. The van der Waals surface area contributed by atoms with Gasteiger partial charge in [0.15, 0.2) is 0 Å². The Morgan fingerprint density at radius 1 is 0.692 bits per heavy atom. The first-order chi connectivity index (χ1) is 18.2. The molecule has 8 heteroatoms. The van der Waals surface area contributed by atoms with E-state index in [4.69, 9.17) is 14.2 Å². The van der Waals surface area contributed by atoms with Gasteiger partial charge in [-0.2, -0.15) is 4.57 Å². The van der Waals surface area contributed by atoms with Crippen molar-refractivity contribution < 1.29 is 28.4 Å². The van der Waals surface area contributed by atoms with Crippen LogP contribution in [-0.2, 0) is 16.5 Å². The summed E-state index contributed by atoms with van der Waals surface area (Å²) >= 11 is 0. The number of hydrogen-bond acceptors (Lipinski definition) is 5. The van der Waals surface area contributed by atoms with Gasteiger partial charge >= 0.3 is 12.2 Å². The number of benzene rings is 3. The largest absolute Gasteiger partial charge is 0.497 e. The van der Waals surface area contributed by atoms with Crippen LogP contribution in [0.5, 0.6) is 5.75 Å². The van der Waals surface area contributed by atoms with Gasteiger partial charge in [0.2, 0.25) is 11.2 Å². The number of rotatable bonds is 4. The van der Waals surface area contributed by atoms with Gasteiger partial charge in [-0.05, 0) is 90.1 Å². The van der Waals surface area contributed by atoms with E-state index in [0.29, 0.717) is 11.4 Å². The number of aromatic nitrogens is 1. The number of carbonyl (C=O) groups is 2. The van der Waals surface area contributed by atoms with Crippen molar-refractivity contribution in [1.29, 1.82) is 0 Å². The number of ether oxygens (including phenoxy) is 3. The molecule has 2 amide bonds. The highest BCUT2D eigenvalue weighted by molar-refractivity contribution is 6.11. The first kappa shape index (κ1) is 27.7. The highest BCUT2D eigenvalue weighted by Gasteiger charge is 2.23. The summed E-state index contributed by atoms with van der Waals surface area (Å²) < 4.78 is 18.3. The average molecular weight is 531 g/mol. The molecule has 0 unspecified atom stereocenters. The molecule has 0 aliphatic rings. The lowest BCUT2D eigenvalue weighted by Gasteiger charge is -2.20. The summed E-state index contributed by atoms with van der Waals surface area (Å²) in [5.41, 5.74) is 2.84. The maximum Gasteiger partial charge on any atom is 0.412 e. The topological polar surface area (TPSA) is 89.8 Å². The zero-order chi connectivity index (χ0) is 28.5. The minimum Gasteiger partial charge on any atom is -0.497 e. The minimum atomic E-state index is -0.608. The van der Waals surface area contributed by atoms with Crippen molar-refractivity contribution in [3.05, 3.63) is 60.7 Å². The van der Waals surface area contributed by atoms with Gasteiger partial charge in [-0.3, -0.25) is 10.6 Å². The van der Waals surface area contributed by atoms with Crippen molar-refractivity contribution in [3.63, 3.8) is 0 Å². The number of aryl methyl sites for hydroxylation is 1. The molecule has 0 saturated carbocycles. The Hall–Kier alpha value is -4.33. The fourth-order valence-electron chi connectivity index (χ4n) is 4.41. The molecule has 0 atom stereocenters. The van der Waals surface area contributed by atoms with E-state index < -0.39 is 23.4 Å². The maximum absolute atomic E-state index is 12.5. The Morgan fingerprint density at radius 3 is 1.72 bits per heavy atom. The van der Waals surface area contributed by atoms with E-state index in [-0.39, 0.29) is 0 Å². The molecular formula is C31H36N3O5+. The number of nitrogens with zero attached hydrogens (tertiary/aromatic N) is 1. The van der Waals surface area contributed by atoms with Crippen molar-refractivity contribution in [2.24, 2.45) is 7.05 Å². The number of methoxy groups -OCH3 is 1. The normalized spacial score (nSPS) is 11.8. The van der Waals surface area contributed by atoms with Crippen LogP contribution in [0.2, 0.25) is 0 Å². The summed E-state index contributed by atoms with van der Waals surface area (Å²) in [6.07, 6.45) is -1.03. The van der Waals surface area contributed by atoms with Crippen LogP contribution in [0.1, 0.15) is 41.5 Å². The van der Waals surface area contributed by atoms with Gasteiger partial charge in [0, 0.05) is 22.7 Å². The lowest BCUT2D eigenvalue weighted by molar-refractivity contribution is -0.632. The van der Waals surface area contributed by atoms with Gasteiger partial charge in [0.25, 0.3) is 0 Å². The number of nitrogens with one attached hydrogen (secondary N) is 2. The number of fused-ring (bicyclic) bond motifs is 3. The second-order valence-electron chi connectivity index (χ2n) is 11.4. The molecule has 0 aliphatic carbocycles. The van der Waals surface area contributed by atoms with E-state index in [1.807, 2.05) is 109 Å². The van der Waals surface area contributed by atoms with Crippen molar-refractivity contribution >= 4 is 45.2 Å². The van der Waals surface area contributed by atoms with Crippen LogP contribution in [0.25, 0.3) is 32.9 Å². The highest BCUT2D eigenvalue weighted by atomic mass is 16.6. The third-order valence-electron chi connectivity index (χ3n) is 5.91. The van der Waals surface area contributed by atoms with Crippen LogP contribution in [-0.4, -0.2) is 30.5 Å². The molecule has 39 heavy (non-hydrogen) atoms. The standard InChI is InChI=1S/C31H35N3O5/c1-30(2,3)38-28(35)32-20-11-15-23-24-16-12-21(33-29(36)39-31(4,5)6)18-26(24)34(7)27(25(23)17-20)19-9-13-22(37-8)14-10-19/h9-18H,1-8H3,(H,32,35)/p+1. The Balaban J connectivity index is 1.87. The summed E-state index contributed by atoms with van der Waals surface area (Å²) in [7, 11) is 3.61. The van der Waals surface area contributed by atoms with Crippen molar-refractivity contribution in [2.75, 3.05) is 17.7 Å². The van der Waals surface area contributed by atoms with Crippen molar-refractivity contribution in [1.82, 2.24) is 0 Å². The number of amides is 2. The van der Waals surface area contributed by atoms with E-state index in [0.717, 1.165) is 38.7 Å². The van der Waals surface area contributed by atoms with E-state index in [9.17, 15) is 9.59 Å². The molecule has 0 fully saturated rings. The molecule has 4 rings (SSSR count). The monoisotopic (exact) mass is 530 g/mol. The number of anilines is 2. The van der Waals surface area contributed by atoms with Crippen molar-refractivity contribution in [3.8, 4) is 17.0 Å². The average Bonchev–Trinajstić information content (AvgIpc) is 2.82. The van der Waals surface area contributed by atoms with Gasteiger partial charge in [-0.25, -0.2) is 9.59 Å². The molecule has 1 heterocycles. The maximum atomic E-state index is 12.5. The molecule has 204 valence electrons. The third-order valence-corrected chi connectivity index (χ3v) is 5.91. The van der Waals surface area contributed by atoms with E-state index in [2.05, 4.69) is 15.2 Å². The van der Waals surface area contributed by atoms with Gasteiger partial charge in [-0.1, -0.05) is 6.07 Å². The molecule has 1 aromatic heterocycles. The van der Waals surface area contributed by atoms with E-state index >= 15 is 0 Å². The van der Waals surface area contributed by atoms with Gasteiger partial charge in [0.05, 0.1) is 23.6 Å². The summed E-state index contributed by atoms with van der Waals surface area (Å²) in [5, 5.41) is 8.61. The lowest BCUT2D eigenvalue weighted by atomic mass is 9.98. The van der Waals surface area contributed by atoms with Gasteiger partial charge < -0.3 is 14.2 Å². The molecule has 0 aliphatic heterocycles. The molecule has 0 radical (unpaired) electrons. The Morgan fingerprint density at radius 2 is 1.21 bits per heavy atom. The predicted molar refractivity (Wildman–Crippen MR) is 154 cm³/mol. The van der Waals surface area contributed by atoms with Crippen LogP contribution in [0.4, 0.5) is 21.0 Å². The quantitative estimate of drug-likeness (QED) is 0.215. The Bertz CT molecular complexity index is 1550. The molecule has 3 aromatic carbocycles. The van der Waals surface area contributed by atoms with E-state index in [1.165, 1.54) is 0 Å². The fraction of sp³-hybridized carbons (Fsp3) is 0.323.